The molecule has 0 heterocycles. The van der Waals surface area contributed by atoms with Crippen LogP contribution >= 0.6 is 34.2 Å². The Morgan fingerprint density at radius 3 is 0.979 bits per heavy atom. The van der Waals surface area contributed by atoms with Gasteiger partial charge in [-0.3, -0.25) is 0 Å². The van der Waals surface area contributed by atoms with Gasteiger partial charge in [0.05, 0.1) is 12.2 Å². The summed E-state index contributed by atoms with van der Waals surface area (Å²) in [5.74, 6) is 2.30. The molecule has 0 amide bonds. The third-order valence-electron chi connectivity index (χ3n) is 7.57. The van der Waals surface area contributed by atoms with Crippen molar-refractivity contribution in [3.05, 3.63) is 0 Å². The van der Waals surface area contributed by atoms with Crippen LogP contribution in [0.1, 0.15) is 186 Å². The van der Waals surface area contributed by atoms with Gasteiger partial charge in [0.1, 0.15) is 0 Å². The van der Waals surface area contributed by atoms with Crippen LogP contribution in [0.5, 0.6) is 0 Å². The van der Waals surface area contributed by atoms with E-state index in [-0.39, 0.29) is 31.7 Å². The molecule has 0 aliphatic heterocycles. The largest absolute Gasteiger partial charge is 2.00 e. The smallest absolute Gasteiger partial charge is 0.793 e. The van der Waals surface area contributed by atoms with E-state index in [0.717, 1.165) is 77.0 Å². The summed E-state index contributed by atoms with van der Waals surface area (Å²) in [6.07, 6.45) is 17.5. The van der Waals surface area contributed by atoms with Gasteiger partial charge in [-0.2, -0.15) is 0 Å². The summed E-state index contributed by atoms with van der Waals surface area (Å²) in [5.41, 5.74) is -6.00. The molecule has 0 N–H and O–H groups in total. The van der Waals surface area contributed by atoms with E-state index in [4.69, 9.17) is 32.7 Å². The fourth-order valence-corrected chi connectivity index (χ4v) is 16.2. The molecule has 0 bridgehead atoms. The fraction of sp³-hybridized carbons (Fsp3) is 1.00. The van der Waals surface area contributed by atoms with Crippen LogP contribution in [0.2, 0.25) is 0 Å². The van der Waals surface area contributed by atoms with Crippen LogP contribution in [0.3, 0.4) is 0 Å². The zero-order chi connectivity index (χ0) is 35.8. The molecule has 6 atom stereocenters. The molecule has 0 aromatic carbocycles. The van der Waals surface area contributed by atoms with Crippen LogP contribution < -0.4 is 9.79 Å². The van der Waals surface area contributed by atoms with E-state index in [9.17, 15) is 9.79 Å². The first-order valence-corrected chi connectivity index (χ1v) is 27.0. The molecule has 0 radical (unpaired) electrons. The Morgan fingerprint density at radius 1 is 0.489 bits per heavy atom. The second-order valence-electron chi connectivity index (χ2n) is 14.9. The molecule has 0 saturated carbocycles. The summed E-state index contributed by atoms with van der Waals surface area (Å²) in [5, 5.41) is 0.730. The fourth-order valence-electron chi connectivity index (χ4n) is 5.46. The molecule has 280 valence electrons. The first kappa shape index (κ1) is 53.8. The van der Waals surface area contributed by atoms with Crippen molar-refractivity contribution >= 4 is 57.8 Å². The number of hydrogen-bond donors (Lipinski definition) is 0. The zero-order valence-electron chi connectivity index (χ0n) is 32.8. The van der Waals surface area contributed by atoms with Crippen molar-refractivity contribution in [2.45, 2.75) is 209 Å². The molecule has 0 saturated heterocycles. The molecule has 11 heteroatoms. The third-order valence-corrected chi connectivity index (χ3v) is 16.6. The molecule has 0 spiro atoms. The summed E-state index contributed by atoms with van der Waals surface area (Å²) in [7, 11) is 0. The standard InChI is InChI=1S/2C18H39O2PS2.Zn/c2*1-7-9-11-17(13-15(3)4)20-21(19,22)23-18(12-10-8-2)14-16(5)6;/h2*15-18H,7-14H2,1-6H3,(H,19,22);/q;;+2/p-2. The van der Waals surface area contributed by atoms with Crippen LogP contribution in [0.25, 0.3) is 0 Å². The van der Waals surface area contributed by atoms with Crippen LogP contribution in [0, 0.1) is 23.7 Å². The van der Waals surface area contributed by atoms with Gasteiger partial charge in [0, 0.05) is 21.9 Å². The molecular formula is C36H76O4P2S4Zn. The normalized spacial score (nSPS) is 17.1. The van der Waals surface area contributed by atoms with Gasteiger partial charge in [0.15, 0.2) is 0 Å². The van der Waals surface area contributed by atoms with E-state index >= 15 is 0 Å². The van der Waals surface area contributed by atoms with Gasteiger partial charge in [-0.15, -0.1) is 22.8 Å². The van der Waals surface area contributed by atoms with Gasteiger partial charge in [-0.1, -0.05) is 158 Å². The van der Waals surface area contributed by atoms with Crippen molar-refractivity contribution in [3.63, 3.8) is 0 Å². The second-order valence-corrected chi connectivity index (χ2v) is 27.3. The topological polar surface area (TPSA) is 64.6 Å². The van der Waals surface area contributed by atoms with Gasteiger partial charge in [0.2, 0.25) is 0 Å². The van der Waals surface area contributed by atoms with E-state index in [1.54, 1.807) is 0 Å². The second kappa shape index (κ2) is 31.9. The van der Waals surface area contributed by atoms with Crippen LogP contribution in [-0.2, 0) is 52.1 Å². The van der Waals surface area contributed by atoms with Gasteiger partial charge < -0.3 is 18.8 Å². The van der Waals surface area contributed by atoms with Crippen LogP contribution in [0.15, 0.2) is 0 Å². The minimum absolute atomic E-state index is 0. The Labute approximate surface area is 326 Å². The van der Waals surface area contributed by atoms with Crippen molar-refractivity contribution < 1.29 is 38.3 Å². The van der Waals surface area contributed by atoms with Crippen molar-refractivity contribution in [2.24, 2.45) is 23.7 Å². The first-order valence-electron chi connectivity index (χ1n) is 18.7. The SMILES string of the molecule is CCCCC(CC(C)C)OP([O-])(=S)SC(CCCC)CC(C)C.CCCCC(CC(C)C)OP([O-])(=S)SC(CCCC)CC(C)C.[Zn+2]. The number of hydrogen-bond acceptors (Lipinski definition) is 8. The summed E-state index contributed by atoms with van der Waals surface area (Å²) in [6, 6.07) is 0. The van der Waals surface area contributed by atoms with Gasteiger partial charge in [0.25, 0.3) is 0 Å². The predicted octanol–water partition coefficient (Wildman–Crippen LogP) is 13.1. The molecule has 6 unspecified atom stereocenters. The zero-order valence-corrected chi connectivity index (χ0v) is 40.8. The Bertz CT molecular complexity index is 685. The average molecular weight is 829 g/mol. The third kappa shape index (κ3) is 35.3. The Balaban J connectivity index is -0.000000807. The minimum Gasteiger partial charge on any atom is -0.793 e. The van der Waals surface area contributed by atoms with Crippen LogP contribution in [0.4, 0.5) is 0 Å². The van der Waals surface area contributed by atoms with Gasteiger partial charge in [-0.05, 0) is 75.0 Å². The quantitative estimate of drug-likeness (QED) is 0.0571. The van der Waals surface area contributed by atoms with E-state index in [0.29, 0.717) is 34.2 Å². The molecule has 0 aliphatic rings. The molecule has 47 heavy (non-hydrogen) atoms. The van der Waals surface area contributed by atoms with E-state index < -0.39 is 11.4 Å². The minimum atomic E-state index is -3.00. The maximum absolute atomic E-state index is 12.9. The van der Waals surface area contributed by atoms with Crippen molar-refractivity contribution in [3.8, 4) is 0 Å². The monoisotopic (exact) mass is 826 g/mol. The predicted molar refractivity (Wildman–Crippen MR) is 217 cm³/mol. The van der Waals surface area contributed by atoms with Crippen LogP contribution in [-0.4, -0.2) is 22.7 Å². The summed E-state index contributed by atoms with van der Waals surface area (Å²) in [4.78, 5) is 25.8. The van der Waals surface area contributed by atoms with Crippen molar-refractivity contribution in [1.82, 2.24) is 0 Å². The molecule has 0 aromatic heterocycles. The maximum atomic E-state index is 12.9. The summed E-state index contributed by atoms with van der Waals surface area (Å²) >= 11 is 13.7. The summed E-state index contributed by atoms with van der Waals surface area (Å²) < 4.78 is 12.0. The maximum Gasteiger partial charge on any atom is 2.00 e. The Kier molecular flexibility index (Phi) is 36.6. The molecule has 0 fully saturated rings. The van der Waals surface area contributed by atoms with Gasteiger partial charge in [-0.25, -0.2) is 0 Å². The number of unbranched alkanes of at least 4 members (excludes halogenated alkanes) is 4. The van der Waals surface area contributed by atoms with E-state index in [1.165, 1.54) is 48.4 Å². The van der Waals surface area contributed by atoms with Gasteiger partial charge >= 0.3 is 19.5 Å². The Morgan fingerprint density at radius 2 is 0.745 bits per heavy atom. The molecular weight excluding hydrogens is 752 g/mol. The molecule has 0 rings (SSSR count). The summed E-state index contributed by atoms with van der Waals surface area (Å²) in [6.45, 7) is 26.4. The Hall–Kier alpha value is 2.46. The van der Waals surface area contributed by atoms with E-state index in [1.807, 2.05) is 0 Å². The van der Waals surface area contributed by atoms with E-state index in [2.05, 4.69) is 83.1 Å². The molecule has 4 nitrogen and oxygen atoms in total. The molecule has 0 aromatic rings. The molecule has 0 aliphatic carbocycles. The number of rotatable bonds is 28. The average Bonchev–Trinajstić information content (AvgIpc) is 2.90. The first-order chi connectivity index (χ1) is 21.4. The van der Waals surface area contributed by atoms with Crippen molar-refractivity contribution in [1.29, 1.82) is 0 Å². The van der Waals surface area contributed by atoms with Crippen molar-refractivity contribution in [2.75, 3.05) is 0 Å².